The lowest BCUT2D eigenvalue weighted by atomic mass is 10.1. The Morgan fingerprint density at radius 2 is 1.94 bits per heavy atom. The molecule has 35 heavy (non-hydrogen) atoms. The highest BCUT2D eigenvalue weighted by molar-refractivity contribution is 6.30. The number of rotatable bonds is 5. The molecule has 0 unspecified atom stereocenters. The SMILES string of the molecule is CC(=O)c1cnc2ccc(Cl)nc2c1Nc1ccc(N2CCC[C@H](NC(=O)OC(C)(C)C)C2)nc1. The monoisotopic (exact) mass is 496 g/mol. The summed E-state index contributed by atoms with van der Waals surface area (Å²) >= 11 is 6.10. The first-order chi connectivity index (χ1) is 16.6. The van der Waals surface area contributed by atoms with Crippen molar-refractivity contribution in [2.45, 2.75) is 52.2 Å². The van der Waals surface area contributed by atoms with Gasteiger partial charge < -0.3 is 20.3 Å². The predicted octanol–water partition coefficient (Wildman–Crippen LogP) is 5.12. The maximum absolute atomic E-state index is 12.2. The number of piperidine rings is 1. The van der Waals surface area contributed by atoms with Crippen LogP contribution in [0.25, 0.3) is 11.0 Å². The van der Waals surface area contributed by atoms with Crippen LogP contribution in [0.3, 0.4) is 0 Å². The summed E-state index contributed by atoms with van der Waals surface area (Å²) in [6.07, 6.45) is 4.65. The van der Waals surface area contributed by atoms with E-state index in [2.05, 4.69) is 30.5 Å². The Kier molecular flexibility index (Phi) is 7.07. The van der Waals surface area contributed by atoms with Crippen LogP contribution in [0.1, 0.15) is 50.9 Å². The van der Waals surface area contributed by atoms with Gasteiger partial charge in [-0.2, -0.15) is 0 Å². The standard InChI is InChI=1S/C25H29ClN6O3/c1-15(33)18-13-27-19-8-9-20(26)31-23(19)22(18)29-16-7-10-21(28-12-16)32-11-5-6-17(14-32)30-24(34)35-25(2,3)4/h7-10,12-13,17H,5-6,11,14H2,1-4H3,(H,27,29)(H,30,34)/t17-/m0/s1. The van der Waals surface area contributed by atoms with Crippen LogP contribution in [0.4, 0.5) is 22.0 Å². The normalized spacial score (nSPS) is 16.1. The van der Waals surface area contributed by atoms with E-state index in [0.29, 0.717) is 39.7 Å². The summed E-state index contributed by atoms with van der Waals surface area (Å²) < 4.78 is 5.38. The Bertz CT molecular complexity index is 1240. The second-order valence-electron chi connectivity index (χ2n) is 9.57. The summed E-state index contributed by atoms with van der Waals surface area (Å²) in [5.74, 6) is 0.670. The van der Waals surface area contributed by atoms with Crippen LogP contribution < -0.4 is 15.5 Å². The van der Waals surface area contributed by atoms with Crippen molar-refractivity contribution >= 4 is 51.7 Å². The molecule has 1 fully saturated rings. The molecule has 2 N–H and O–H groups in total. The minimum atomic E-state index is -0.536. The summed E-state index contributed by atoms with van der Waals surface area (Å²) in [5.41, 5.74) is 2.27. The molecule has 1 aliphatic heterocycles. The fourth-order valence-corrected chi connectivity index (χ4v) is 4.15. The third kappa shape index (κ3) is 6.16. The Morgan fingerprint density at radius 3 is 2.63 bits per heavy atom. The zero-order valence-corrected chi connectivity index (χ0v) is 21.0. The molecule has 4 rings (SSSR count). The summed E-state index contributed by atoms with van der Waals surface area (Å²) in [5, 5.41) is 6.55. The van der Waals surface area contributed by atoms with Crippen molar-refractivity contribution in [2.75, 3.05) is 23.3 Å². The van der Waals surface area contributed by atoms with Crippen LogP contribution in [-0.4, -0.2) is 51.6 Å². The number of ether oxygens (including phenoxy) is 1. The second-order valence-corrected chi connectivity index (χ2v) is 9.95. The molecule has 0 spiro atoms. The van der Waals surface area contributed by atoms with Gasteiger partial charge in [0.15, 0.2) is 5.78 Å². The molecule has 184 valence electrons. The van der Waals surface area contributed by atoms with Crippen LogP contribution in [0.5, 0.6) is 0 Å². The van der Waals surface area contributed by atoms with Gasteiger partial charge in [-0.25, -0.2) is 14.8 Å². The van der Waals surface area contributed by atoms with E-state index in [0.717, 1.165) is 25.2 Å². The van der Waals surface area contributed by atoms with Crippen LogP contribution in [0.15, 0.2) is 36.7 Å². The fourth-order valence-electron chi connectivity index (χ4n) is 4.00. The van der Waals surface area contributed by atoms with E-state index >= 15 is 0 Å². The summed E-state index contributed by atoms with van der Waals surface area (Å²) in [6.45, 7) is 8.51. The van der Waals surface area contributed by atoms with Gasteiger partial charge in [0, 0.05) is 25.3 Å². The molecular formula is C25H29ClN6O3. The zero-order chi connectivity index (χ0) is 25.2. The van der Waals surface area contributed by atoms with Crippen molar-refractivity contribution in [3.8, 4) is 0 Å². The van der Waals surface area contributed by atoms with Gasteiger partial charge in [0.2, 0.25) is 0 Å². The molecule has 1 atom stereocenters. The molecule has 9 nitrogen and oxygen atoms in total. The number of pyridine rings is 3. The smallest absolute Gasteiger partial charge is 0.407 e. The van der Waals surface area contributed by atoms with E-state index in [1.807, 2.05) is 32.9 Å². The number of carbonyl (C=O) groups excluding carboxylic acids is 2. The van der Waals surface area contributed by atoms with E-state index in [1.165, 1.54) is 13.1 Å². The molecule has 10 heteroatoms. The lowest BCUT2D eigenvalue weighted by Gasteiger charge is -2.34. The lowest BCUT2D eigenvalue weighted by Crippen LogP contribution is -2.49. The minimum Gasteiger partial charge on any atom is -0.444 e. The average molecular weight is 497 g/mol. The van der Waals surface area contributed by atoms with E-state index in [9.17, 15) is 9.59 Å². The molecule has 3 aromatic heterocycles. The van der Waals surface area contributed by atoms with Crippen molar-refractivity contribution in [1.29, 1.82) is 0 Å². The molecule has 4 heterocycles. The first-order valence-electron chi connectivity index (χ1n) is 11.5. The fraction of sp³-hybridized carbons (Fsp3) is 0.400. The molecule has 0 aromatic carbocycles. The van der Waals surface area contributed by atoms with Crippen molar-refractivity contribution in [2.24, 2.45) is 0 Å². The summed E-state index contributed by atoms with van der Waals surface area (Å²) in [7, 11) is 0. The first kappa shape index (κ1) is 24.7. The topological polar surface area (TPSA) is 109 Å². The number of anilines is 3. The van der Waals surface area contributed by atoms with Gasteiger partial charge in [-0.15, -0.1) is 0 Å². The highest BCUT2D eigenvalue weighted by atomic mass is 35.5. The number of carbonyl (C=O) groups is 2. The summed E-state index contributed by atoms with van der Waals surface area (Å²) in [4.78, 5) is 39.8. The Labute approximate surface area is 209 Å². The van der Waals surface area contributed by atoms with E-state index in [1.54, 1.807) is 18.3 Å². The van der Waals surface area contributed by atoms with Gasteiger partial charge in [-0.05, 0) is 64.8 Å². The van der Waals surface area contributed by atoms with E-state index < -0.39 is 11.7 Å². The lowest BCUT2D eigenvalue weighted by molar-refractivity contribution is 0.0499. The van der Waals surface area contributed by atoms with Gasteiger partial charge in [-0.3, -0.25) is 9.78 Å². The van der Waals surface area contributed by atoms with Gasteiger partial charge in [0.1, 0.15) is 22.1 Å². The molecule has 0 bridgehead atoms. The van der Waals surface area contributed by atoms with Gasteiger partial charge in [0.05, 0.1) is 28.7 Å². The molecule has 0 saturated carbocycles. The molecule has 3 aromatic rings. The number of hydrogen-bond donors (Lipinski definition) is 2. The molecular weight excluding hydrogens is 468 g/mol. The highest BCUT2D eigenvalue weighted by Gasteiger charge is 2.25. The maximum atomic E-state index is 12.2. The number of ketones is 1. The predicted molar refractivity (Wildman–Crippen MR) is 137 cm³/mol. The maximum Gasteiger partial charge on any atom is 0.407 e. The van der Waals surface area contributed by atoms with Crippen LogP contribution in [0, 0.1) is 0 Å². The van der Waals surface area contributed by atoms with Crippen LogP contribution in [-0.2, 0) is 4.74 Å². The number of nitrogens with one attached hydrogen (secondary N) is 2. The number of hydrogen-bond acceptors (Lipinski definition) is 8. The van der Waals surface area contributed by atoms with Crippen molar-refractivity contribution in [3.05, 3.63) is 47.4 Å². The van der Waals surface area contributed by atoms with Crippen LogP contribution >= 0.6 is 11.6 Å². The number of amides is 1. The molecule has 0 radical (unpaired) electrons. The minimum absolute atomic E-state index is 0.0182. The third-order valence-electron chi connectivity index (χ3n) is 5.54. The van der Waals surface area contributed by atoms with Gasteiger partial charge in [-0.1, -0.05) is 11.6 Å². The molecule has 0 aliphatic carbocycles. The highest BCUT2D eigenvalue weighted by Crippen LogP contribution is 2.30. The van der Waals surface area contributed by atoms with E-state index in [4.69, 9.17) is 16.3 Å². The van der Waals surface area contributed by atoms with Gasteiger partial charge in [0.25, 0.3) is 0 Å². The summed E-state index contributed by atoms with van der Waals surface area (Å²) in [6, 6.07) is 7.21. The van der Waals surface area contributed by atoms with Crippen LogP contribution in [0.2, 0.25) is 5.15 Å². The first-order valence-corrected chi connectivity index (χ1v) is 11.9. The number of aromatic nitrogens is 3. The Morgan fingerprint density at radius 1 is 1.14 bits per heavy atom. The molecule has 1 saturated heterocycles. The quantitative estimate of drug-likeness (QED) is 0.370. The van der Waals surface area contributed by atoms with Crippen molar-refractivity contribution in [1.82, 2.24) is 20.3 Å². The van der Waals surface area contributed by atoms with Crippen molar-refractivity contribution < 1.29 is 14.3 Å². The van der Waals surface area contributed by atoms with E-state index in [-0.39, 0.29) is 11.8 Å². The zero-order valence-electron chi connectivity index (χ0n) is 20.3. The molecule has 1 aliphatic rings. The van der Waals surface area contributed by atoms with Crippen molar-refractivity contribution in [3.63, 3.8) is 0 Å². The number of nitrogens with zero attached hydrogens (tertiary/aromatic N) is 4. The Balaban J connectivity index is 1.50. The number of halogens is 1. The number of Topliss-reactive ketones (excluding diaryl/α,β-unsaturated/α-hetero) is 1. The molecule has 1 amide bonds. The third-order valence-corrected chi connectivity index (χ3v) is 5.75. The largest absolute Gasteiger partial charge is 0.444 e. The average Bonchev–Trinajstić information content (AvgIpc) is 2.78. The number of fused-ring (bicyclic) bond motifs is 1. The second kappa shape index (κ2) is 10.0. The number of alkyl carbamates (subject to hydrolysis) is 1. The van der Waals surface area contributed by atoms with Gasteiger partial charge >= 0.3 is 6.09 Å². The Hall–Kier alpha value is -3.46.